The maximum absolute atomic E-state index is 12.7. The maximum Gasteiger partial charge on any atom is 0.257 e. The number of pyridine rings is 1. The lowest BCUT2D eigenvalue weighted by Gasteiger charge is -2.25. The van der Waals surface area contributed by atoms with Gasteiger partial charge < -0.3 is 10.6 Å². The Hall–Kier alpha value is -1.10. The average Bonchev–Trinajstić information content (AvgIpc) is 2.40. The molecule has 0 atom stereocenters. The predicted molar refractivity (Wildman–Crippen MR) is 91.2 cm³/mol. The molecule has 0 bridgehead atoms. The fourth-order valence-corrected chi connectivity index (χ4v) is 2.27. The molecule has 0 fully saturated rings. The highest BCUT2D eigenvalue weighted by molar-refractivity contribution is 9.10. The van der Waals surface area contributed by atoms with Gasteiger partial charge in [0, 0.05) is 23.8 Å². The number of hydrogen-bond donors (Lipinski definition) is 1. The van der Waals surface area contributed by atoms with Gasteiger partial charge in [-0.3, -0.25) is 4.79 Å². The van der Waals surface area contributed by atoms with E-state index >= 15 is 0 Å². The van der Waals surface area contributed by atoms with Crippen LogP contribution in [0.15, 0.2) is 16.7 Å². The Balaban J connectivity index is 2.89. The number of aromatic nitrogens is 1. The van der Waals surface area contributed by atoms with E-state index in [0.717, 1.165) is 30.4 Å². The van der Waals surface area contributed by atoms with Crippen LogP contribution in [0.25, 0.3) is 0 Å². The van der Waals surface area contributed by atoms with Crippen LogP contribution in [0, 0.1) is 11.8 Å². The van der Waals surface area contributed by atoms with E-state index in [2.05, 4.69) is 48.6 Å². The molecular weight excluding hydrogens is 330 g/mol. The highest BCUT2D eigenvalue weighted by Crippen LogP contribution is 2.19. The molecule has 0 spiro atoms. The van der Waals surface area contributed by atoms with Gasteiger partial charge in [0.1, 0.15) is 5.82 Å². The largest absolute Gasteiger partial charge is 0.383 e. The Morgan fingerprint density at radius 2 is 1.76 bits per heavy atom. The highest BCUT2D eigenvalue weighted by Gasteiger charge is 2.19. The summed E-state index contributed by atoms with van der Waals surface area (Å²) in [4.78, 5) is 18.7. The number of carbonyl (C=O) groups excluding carboxylic acids is 1. The average molecular weight is 356 g/mol. The van der Waals surface area contributed by atoms with Crippen LogP contribution in [-0.4, -0.2) is 28.9 Å². The van der Waals surface area contributed by atoms with Gasteiger partial charge in [-0.2, -0.15) is 0 Å². The second-order valence-electron chi connectivity index (χ2n) is 6.24. The van der Waals surface area contributed by atoms with Gasteiger partial charge in [-0.15, -0.1) is 0 Å². The monoisotopic (exact) mass is 355 g/mol. The van der Waals surface area contributed by atoms with Crippen molar-refractivity contribution in [1.82, 2.24) is 9.88 Å². The molecule has 0 aliphatic carbocycles. The lowest BCUT2D eigenvalue weighted by molar-refractivity contribution is 0.0741. The number of rotatable bonds is 7. The SMILES string of the molecule is CC(C)CCN(CCC(C)C)C(=O)c1cc(Br)cnc1N. The van der Waals surface area contributed by atoms with E-state index in [1.165, 1.54) is 0 Å². The van der Waals surface area contributed by atoms with Gasteiger partial charge in [0.2, 0.25) is 0 Å². The van der Waals surface area contributed by atoms with Crippen molar-refractivity contribution in [3.8, 4) is 0 Å². The van der Waals surface area contributed by atoms with E-state index in [9.17, 15) is 4.79 Å². The van der Waals surface area contributed by atoms with Crippen LogP contribution in [0.5, 0.6) is 0 Å². The number of nitrogen functional groups attached to an aromatic ring is 1. The molecule has 4 nitrogen and oxygen atoms in total. The van der Waals surface area contributed by atoms with Gasteiger partial charge in [0.05, 0.1) is 5.56 Å². The summed E-state index contributed by atoms with van der Waals surface area (Å²) in [6, 6.07) is 1.75. The van der Waals surface area contributed by atoms with Gasteiger partial charge in [0.15, 0.2) is 0 Å². The molecule has 0 saturated heterocycles. The second-order valence-corrected chi connectivity index (χ2v) is 7.16. The van der Waals surface area contributed by atoms with Crippen LogP contribution in [0.2, 0.25) is 0 Å². The van der Waals surface area contributed by atoms with Crippen molar-refractivity contribution >= 4 is 27.7 Å². The smallest absolute Gasteiger partial charge is 0.257 e. The van der Waals surface area contributed by atoms with E-state index in [1.54, 1.807) is 12.3 Å². The van der Waals surface area contributed by atoms with Crippen molar-refractivity contribution < 1.29 is 4.79 Å². The molecule has 1 aromatic rings. The summed E-state index contributed by atoms with van der Waals surface area (Å²) >= 11 is 3.35. The van der Waals surface area contributed by atoms with Crippen molar-refractivity contribution in [2.75, 3.05) is 18.8 Å². The van der Waals surface area contributed by atoms with Crippen LogP contribution in [-0.2, 0) is 0 Å². The molecule has 0 aliphatic rings. The van der Waals surface area contributed by atoms with Crippen LogP contribution >= 0.6 is 15.9 Å². The number of nitrogens with zero attached hydrogens (tertiary/aromatic N) is 2. The molecule has 0 unspecified atom stereocenters. The minimum absolute atomic E-state index is 0.0254. The van der Waals surface area contributed by atoms with Crippen LogP contribution < -0.4 is 5.73 Å². The third-order valence-electron chi connectivity index (χ3n) is 3.36. The number of hydrogen-bond acceptors (Lipinski definition) is 3. The number of halogens is 1. The Morgan fingerprint density at radius 1 is 1.24 bits per heavy atom. The lowest BCUT2D eigenvalue weighted by atomic mass is 10.1. The van der Waals surface area contributed by atoms with Crippen molar-refractivity contribution in [1.29, 1.82) is 0 Å². The molecule has 0 radical (unpaired) electrons. The Bertz CT molecular complexity index is 463. The molecule has 0 aromatic carbocycles. The molecule has 0 saturated carbocycles. The predicted octanol–water partition coefficient (Wildman–Crippen LogP) is 3.96. The second kappa shape index (κ2) is 8.37. The molecule has 5 heteroatoms. The zero-order valence-electron chi connectivity index (χ0n) is 13.4. The molecule has 0 aliphatic heterocycles. The van der Waals surface area contributed by atoms with Crippen molar-refractivity contribution in [3.05, 3.63) is 22.3 Å². The molecule has 1 aromatic heterocycles. The van der Waals surface area contributed by atoms with E-state index in [4.69, 9.17) is 5.73 Å². The van der Waals surface area contributed by atoms with Gasteiger partial charge >= 0.3 is 0 Å². The van der Waals surface area contributed by atoms with Crippen LogP contribution in [0.4, 0.5) is 5.82 Å². The molecule has 1 amide bonds. The van der Waals surface area contributed by atoms with Crippen molar-refractivity contribution in [3.63, 3.8) is 0 Å². The first-order valence-electron chi connectivity index (χ1n) is 7.51. The molecule has 21 heavy (non-hydrogen) atoms. The van der Waals surface area contributed by atoms with Crippen molar-refractivity contribution in [2.45, 2.75) is 40.5 Å². The summed E-state index contributed by atoms with van der Waals surface area (Å²) in [7, 11) is 0. The molecule has 1 rings (SSSR count). The fraction of sp³-hybridized carbons (Fsp3) is 0.625. The first kappa shape index (κ1) is 18.0. The van der Waals surface area contributed by atoms with Crippen LogP contribution in [0.1, 0.15) is 50.9 Å². The Kier molecular flexibility index (Phi) is 7.15. The number of amides is 1. The summed E-state index contributed by atoms with van der Waals surface area (Å²) in [5.41, 5.74) is 6.34. The van der Waals surface area contributed by atoms with Gasteiger partial charge in [-0.25, -0.2) is 4.98 Å². The standard InChI is InChI=1S/C16H26BrN3O/c1-11(2)5-7-20(8-6-12(3)4)16(21)14-9-13(17)10-19-15(14)18/h9-12H,5-8H2,1-4H3,(H2,18,19). The molecule has 1 heterocycles. The summed E-state index contributed by atoms with van der Waals surface area (Å²) in [6.45, 7) is 10.2. The first-order chi connectivity index (χ1) is 9.81. The summed E-state index contributed by atoms with van der Waals surface area (Å²) in [5.74, 6) is 1.40. The van der Waals surface area contributed by atoms with E-state index in [0.29, 0.717) is 23.2 Å². The normalized spacial score (nSPS) is 11.2. The van der Waals surface area contributed by atoms with Gasteiger partial charge in [-0.05, 0) is 46.7 Å². The molecule has 2 N–H and O–H groups in total. The third kappa shape index (κ3) is 6.04. The van der Waals surface area contributed by atoms with E-state index in [-0.39, 0.29) is 5.91 Å². The third-order valence-corrected chi connectivity index (χ3v) is 3.79. The topological polar surface area (TPSA) is 59.2 Å². The molecule has 118 valence electrons. The van der Waals surface area contributed by atoms with Crippen LogP contribution in [0.3, 0.4) is 0 Å². The first-order valence-corrected chi connectivity index (χ1v) is 8.30. The number of nitrogens with two attached hydrogens (primary N) is 1. The van der Waals surface area contributed by atoms with E-state index < -0.39 is 0 Å². The molecular formula is C16H26BrN3O. The zero-order chi connectivity index (χ0) is 16.0. The zero-order valence-corrected chi connectivity index (χ0v) is 15.0. The maximum atomic E-state index is 12.7. The fourth-order valence-electron chi connectivity index (χ4n) is 1.93. The van der Waals surface area contributed by atoms with Crippen molar-refractivity contribution in [2.24, 2.45) is 11.8 Å². The van der Waals surface area contributed by atoms with Gasteiger partial charge in [0.25, 0.3) is 5.91 Å². The lowest BCUT2D eigenvalue weighted by Crippen LogP contribution is -2.34. The number of anilines is 1. The summed E-state index contributed by atoms with van der Waals surface area (Å²) in [6.07, 6.45) is 3.59. The minimum Gasteiger partial charge on any atom is -0.383 e. The van der Waals surface area contributed by atoms with E-state index in [1.807, 2.05) is 4.90 Å². The summed E-state index contributed by atoms with van der Waals surface area (Å²) in [5, 5.41) is 0. The number of carbonyl (C=O) groups is 1. The Morgan fingerprint density at radius 3 is 2.24 bits per heavy atom. The minimum atomic E-state index is -0.0254. The quantitative estimate of drug-likeness (QED) is 0.804. The Labute approximate surface area is 136 Å². The summed E-state index contributed by atoms with van der Waals surface area (Å²) < 4.78 is 0.771. The highest BCUT2D eigenvalue weighted by atomic mass is 79.9. The van der Waals surface area contributed by atoms with Gasteiger partial charge in [-0.1, -0.05) is 27.7 Å².